The van der Waals surface area contributed by atoms with Crippen molar-refractivity contribution in [3.63, 3.8) is 0 Å². The van der Waals surface area contributed by atoms with E-state index in [-0.39, 0.29) is 31.0 Å². The van der Waals surface area contributed by atoms with Crippen LogP contribution in [0, 0.1) is 0 Å². The molecule has 1 atom stereocenters. The van der Waals surface area contributed by atoms with E-state index in [1.165, 1.54) is 0 Å². The predicted molar refractivity (Wildman–Crippen MR) is 91.1 cm³/mol. The first-order chi connectivity index (χ1) is 11.6. The van der Waals surface area contributed by atoms with Crippen LogP contribution in [0.15, 0.2) is 24.3 Å². The Labute approximate surface area is 142 Å². The van der Waals surface area contributed by atoms with Gasteiger partial charge in [0.2, 0.25) is 11.8 Å². The van der Waals surface area contributed by atoms with Crippen LogP contribution < -0.4 is 15.4 Å². The van der Waals surface area contributed by atoms with Crippen LogP contribution in [0.3, 0.4) is 0 Å². The van der Waals surface area contributed by atoms with Gasteiger partial charge in [0.1, 0.15) is 5.75 Å². The van der Waals surface area contributed by atoms with E-state index in [4.69, 9.17) is 9.47 Å². The molecule has 132 valence electrons. The molecule has 0 saturated carbocycles. The number of likely N-dealkylation sites (N-methyl/N-ethyl adjacent to an activating group) is 1. The summed E-state index contributed by atoms with van der Waals surface area (Å²) in [5.74, 6) is 0.452. The Kier molecular flexibility index (Phi) is 7.02. The van der Waals surface area contributed by atoms with Gasteiger partial charge in [0, 0.05) is 18.8 Å². The molecule has 0 radical (unpaired) electrons. The molecule has 1 aliphatic heterocycles. The van der Waals surface area contributed by atoms with Crippen LogP contribution in [0.2, 0.25) is 0 Å². The van der Waals surface area contributed by atoms with Crippen molar-refractivity contribution in [2.24, 2.45) is 0 Å². The zero-order chi connectivity index (χ0) is 17.4. The Hall–Kier alpha value is -2.12. The lowest BCUT2D eigenvalue weighted by molar-refractivity contribution is -0.123. The Balaban J connectivity index is 1.67. The number of hydrogen-bond donors (Lipinski definition) is 2. The van der Waals surface area contributed by atoms with Gasteiger partial charge in [-0.3, -0.25) is 14.5 Å². The molecule has 2 rings (SSSR count). The topological polar surface area (TPSA) is 79.9 Å². The van der Waals surface area contributed by atoms with Gasteiger partial charge in [0.25, 0.3) is 0 Å². The SMILES string of the molecule is COc1ccc(NC(=O)CN(C)CC(=O)NC[C@H]2CCCO2)cc1. The van der Waals surface area contributed by atoms with Crippen LogP contribution in [0.1, 0.15) is 12.8 Å². The molecule has 0 aromatic heterocycles. The third kappa shape index (κ3) is 6.17. The normalized spacial score (nSPS) is 16.9. The third-order valence-corrected chi connectivity index (χ3v) is 3.75. The number of benzene rings is 1. The third-order valence-electron chi connectivity index (χ3n) is 3.75. The fraction of sp³-hybridized carbons (Fsp3) is 0.529. The molecule has 1 saturated heterocycles. The van der Waals surface area contributed by atoms with E-state index in [1.54, 1.807) is 43.3 Å². The second-order valence-electron chi connectivity index (χ2n) is 5.89. The van der Waals surface area contributed by atoms with Crippen molar-refractivity contribution < 1.29 is 19.1 Å². The summed E-state index contributed by atoms with van der Waals surface area (Å²) >= 11 is 0. The van der Waals surface area contributed by atoms with Crippen molar-refractivity contribution in [1.82, 2.24) is 10.2 Å². The van der Waals surface area contributed by atoms with Crippen LogP contribution in [0.4, 0.5) is 5.69 Å². The maximum atomic E-state index is 12.0. The molecule has 1 aliphatic rings. The second-order valence-corrected chi connectivity index (χ2v) is 5.89. The number of carbonyl (C=O) groups excluding carboxylic acids is 2. The molecule has 1 aromatic rings. The van der Waals surface area contributed by atoms with Crippen molar-refractivity contribution in [3.05, 3.63) is 24.3 Å². The Bertz CT molecular complexity index is 541. The Morgan fingerprint density at radius 2 is 1.96 bits per heavy atom. The van der Waals surface area contributed by atoms with E-state index in [0.717, 1.165) is 25.2 Å². The molecule has 0 spiro atoms. The lowest BCUT2D eigenvalue weighted by atomic mass is 10.2. The molecule has 1 heterocycles. The molecule has 2 N–H and O–H groups in total. The van der Waals surface area contributed by atoms with Crippen LogP contribution in [-0.4, -0.2) is 63.2 Å². The molecule has 1 fully saturated rings. The van der Waals surface area contributed by atoms with Gasteiger partial charge in [-0.2, -0.15) is 0 Å². The van der Waals surface area contributed by atoms with Crippen molar-refractivity contribution in [1.29, 1.82) is 0 Å². The highest BCUT2D eigenvalue weighted by atomic mass is 16.5. The molecule has 2 amide bonds. The molecule has 0 aliphatic carbocycles. The highest BCUT2D eigenvalue weighted by Crippen LogP contribution is 2.14. The minimum Gasteiger partial charge on any atom is -0.497 e. The van der Waals surface area contributed by atoms with Gasteiger partial charge in [-0.15, -0.1) is 0 Å². The lowest BCUT2D eigenvalue weighted by Crippen LogP contribution is -2.41. The van der Waals surface area contributed by atoms with Crippen molar-refractivity contribution >= 4 is 17.5 Å². The van der Waals surface area contributed by atoms with E-state index < -0.39 is 0 Å². The Morgan fingerprint density at radius 3 is 2.58 bits per heavy atom. The fourth-order valence-electron chi connectivity index (χ4n) is 2.51. The molecular weight excluding hydrogens is 310 g/mol. The number of rotatable bonds is 8. The first kappa shape index (κ1) is 18.2. The van der Waals surface area contributed by atoms with Crippen LogP contribution >= 0.6 is 0 Å². The number of anilines is 1. The zero-order valence-corrected chi connectivity index (χ0v) is 14.2. The smallest absolute Gasteiger partial charge is 0.238 e. The maximum absolute atomic E-state index is 12.0. The summed E-state index contributed by atoms with van der Waals surface area (Å²) in [5, 5.41) is 5.63. The number of nitrogens with zero attached hydrogens (tertiary/aromatic N) is 1. The number of hydrogen-bond acceptors (Lipinski definition) is 5. The summed E-state index contributed by atoms with van der Waals surface area (Å²) in [6.07, 6.45) is 2.16. The number of ether oxygens (including phenoxy) is 2. The average molecular weight is 335 g/mol. The van der Waals surface area contributed by atoms with Gasteiger partial charge >= 0.3 is 0 Å². The summed E-state index contributed by atoms with van der Waals surface area (Å²) < 4.78 is 10.5. The van der Waals surface area contributed by atoms with Gasteiger partial charge in [0.05, 0.1) is 26.3 Å². The number of amides is 2. The van der Waals surface area contributed by atoms with Crippen LogP contribution in [0.25, 0.3) is 0 Å². The standard InChI is InChI=1S/C17H25N3O4/c1-20(11-16(21)18-10-15-4-3-9-24-15)12-17(22)19-13-5-7-14(23-2)8-6-13/h5-8,15H,3-4,9-12H2,1-2H3,(H,18,21)(H,19,22)/t15-/m1/s1. The Morgan fingerprint density at radius 1 is 1.25 bits per heavy atom. The minimum atomic E-state index is -0.172. The lowest BCUT2D eigenvalue weighted by Gasteiger charge is -2.17. The van der Waals surface area contributed by atoms with Crippen molar-refractivity contribution in [2.75, 3.05) is 45.7 Å². The maximum Gasteiger partial charge on any atom is 0.238 e. The zero-order valence-electron chi connectivity index (χ0n) is 14.2. The molecule has 24 heavy (non-hydrogen) atoms. The van der Waals surface area contributed by atoms with Gasteiger partial charge in [-0.25, -0.2) is 0 Å². The molecule has 7 nitrogen and oxygen atoms in total. The highest BCUT2D eigenvalue weighted by Gasteiger charge is 2.17. The quantitative estimate of drug-likeness (QED) is 0.737. The average Bonchev–Trinajstić information content (AvgIpc) is 3.07. The molecule has 1 aromatic carbocycles. The van der Waals surface area contributed by atoms with Crippen LogP contribution in [0.5, 0.6) is 5.75 Å². The van der Waals surface area contributed by atoms with E-state index in [1.807, 2.05) is 0 Å². The highest BCUT2D eigenvalue weighted by molar-refractivity contribution is 5.92. The predicted octanol–water partition coefficient (Wildman–Crippen LogP) is 0.861. The number of nitrogens with one attached hydrogen (secondary N) is 2. The van der Waals surface area contributed by atoms with E-state index >= 15 is 0 Å². The second kappa shape index (κ2) is 9.24. The summed E-state index contributed by atoms with van der Waals surface area (Å²) in [4.78, 5) is 25.5. The first-order valence-electron chi connectivity index (χ1n) is 8.07. The molecule has 0 bridgehead atoms. The summed E-state index contributed by atoms with van der Waals surface area (Å²) in [5.41, 5.74) is 0.692. The summed E-state index contributed by atoms with van der Waals surface area (Å²) in [6, 6.07) is 7.09. The molecular formula is C17H25N3O4. The van der Waals surface area contributed by atoms with Gasteiger partial charge in [-0.05, 0) is 44.2 Å². The molecule has 0 unspecified atom stereocenters. The van der Waals surface area contributed by atoms with Gasteiger partial charge in [-0.1, -0.05) is 0 Å². The first-order valence-corrected chi connectivity index (χ1v) is 8.07. The van der Waals surface area contributed by atoms with Crippen molar-refractivity contribution in [3.8, 4) is 5.75 Å². The van der Waals surface area contributed by atoms with E-state index in [2.05, 4.69) is 10.6 Å². The van der Waals surface area contributed by atoms with Crippen molar-refractivity contribution in [2.45, 2.75) is 18.9 Å². The largest absolute Gasteiger partial charge is 0.497 e. The van der Waals surface area contributed by atoms with Gasteiger partial charge in [0.15, 0.2) is 0 Å². The van der Waals surface area contributed by atoms with E-state index in [0.29, 0.717) is 12.2 Å². The van der Waals surface area contributed by atoms with Gasteiger partial charge < -0.3 is 20.1 Å². The number of methoxy groups -OCH3 is 1. The van der Waals surface area contributed by atoms with E-state index in [9.17, 15) is 9.59 Å². The fourth-order valence-corrected chi connectivity index (χ4v) is 2.51. The molecule has 7 heteroatoms. The summed E-state index contributed by atoms with van der Waals surface area (Å²) in [7, 11) is 3.33. The minimum absolute atomic E-state index is 0.106. The number of carbonyl (C=O) groups is 2. The van der Waals surface area contributed by atoms with Crippen LogP contribution in [-0.2, 0) is 14.3 Å². The monoisotopic (exact) mass is 335 g/mol. The summed E-state index contributed by atoms with van der Waals surface area (Å²) in [6.45, 7) is 1.61.